The molecule has 1 N–H and O–H groups in total. The van der Waals surface area contributed by atoms with Crippen molar-refractivity contribution >= 4 is 44.9 Å². The molecule has 0 saturated heterocycles. The molecule has 0 radical (unpaired) electrons. The zero-order chi connectivity index (χ0) is 18.8. The third kappa shape index (κ3) is 3.51. The van der Waals surface area contributed by atoms with Gasteiger partial charge < -0.3 is 9.15 Å². The Morgan fingerprint density at radius 3 is 2.70 bits per heavy atom. The molecule has 1 amide bonds. The number of thiophene rings is 1. The molecule has 0 spiro atoms. The smallest absolute Gasteiger partial charge is 0.322 e. The van der Waals surface area contributed by atoms with E-state index in [0.29, 0.717) is 22.4 Å². The Morgan fingerprint density at radius 1 is 1.19 bits per heavy atom. The fraction of sp³-hybridized carbons (Fsp3) is 0.105. The van der Waals surface area contributed by atoms with Crippen LogP contribution in [0.1, 0.15) is 16.6 Å². The van der Waals surface area contributed by atoms with Crippen molar-refractivity contribution < 1.29 is 13.9 Å². The molecule has 0 bridgehead atoms. The van der Waals surface area contributed by atoms with E-state index in [9.17, 15) is 4.79 Å². The lowest BCUT2D eigenvalue weighted by Crippen LogP contribution is -2.10. The minimum Gasteiger partial charge on any atom is -0.494 e. The van der Waals surface area contributed by atoms with Crippen LogP contribution in [0.2, 0.25) is 5.02 Å². The van der Waals surface area contributed by atoms with Gasteiger partial charge in [-0.1, -0.05) is 34.9 Å². The minimum atomic E-state index is -0.386. The predicted octanol–water partition coefficient (Wildman–Crippen LogP) is 5.26. The van der Waals surface area contributed by atoms with Crippen molar-refractivity contribution in [3.05, 3.63) is 58.4 Å². The Morgan fingerprint density at radius 2 is 1.96 bits per heavy atom. The topological polar surface area (TPSA) is 77.3 Å². The van der Waals surface area contributed by atoms with E-state index in [1.165, 1.54) is 11.3 Å². The lowest BCUT2D eigenvalue weighted by Gasteiger charge is -2.02. The van der Waals surface area contributed by atoms with Gasteiger partial charge in [-0.25, -0.2) is 0 Å². The SMILES string of the molecule is CCOc1ccc(-c2nnc(NC(=O)c3sc4ccccc4c3Cl)o2)cc1. The van der Waals surface area contributed by atoms with Gasteiger partial charge in [-0.3, -0.25) is 10.1 Å². The summed E-state index contributed by atoms with van der Waals surface area (Å²) in [7, 11) is 0. The van der Waals surface area contributed by atoms with Gasteiger partial charge in [0.2, 0.25) is 5.89 Å². The van der Waals surface area contributed by atoms with Crippen LogP contribution in [0.4, 0.5) is 6.01 Å². The number of benzene rings is 2. The largest absolute Gasteiger partial charge is 0.494 e. The van der Waals surface area contributed by atoms with Crippen molar-refractivity contribution in [1.29, 1.82) is 0 Å². The van der Waals surface area contributed by atoms with E-state index in [-0.39, 0.29) is 11.9 Å². The summed E-state index contributed by atoms with van der Waals surface area (Å²) >= 11 is 7.64. The van der Waals surface area contributed by atoms with E-state index in [1.807, 2.05) is 55.5 Å². The molecule has 0 aliphatic heterocycles. The summed E-state index contributed by atoms with van der Waals surface area (Å²) in [4.78, 5) is 12.9. The summed E-state index contributed by atoms with van der Waals surface area (Å²) < 4.78 is 11.9. The van der Waals surface area contributed by atoms with Gasteiger partial charge in [0.05, 0.1) is 11.6 Å². The van der Waals surface area contributed by atoms with Gasteiger partial charge in [0.1, 0.15) is 10.6 Å². The maximum Gasteiger partial charge on any atom is 0.322 e. The highest BCUT2D eigenvalue weighted by Crippen LogP contribution is 2.35. The first-order valence-corrected chi connectivity index (χ1v) is 9.40. The van der Waals surface area contributed by atoms with Crippen LogP contribution in [0.5, 0.6) is 5.75 Å². The molecule has 2 aromatic heterocycles. The van der Waals surface area contributed by atoms with Crippen LogP contribution < -0.4 is 10.1 Å². The molecular formula is C19H14ClN3O3S. The number of nitrogens with one attached hydrogen (secondary N) is 1. The van der Waals surface area contributed by atoms with Crippen molar-refractivity contribution in [1.82, 2.24) is 10.2 Å². The maximum absolute atomic E-state index is 12.5. The van der Waals surface area contributed by atoms with E-state index < -0.39 is 0 Å². The second-order valence-electron chi connectivity index (χ2n) is 5.57. The molecular weight excluding hydrogens is 386 g/mol. The van der Waals surface area contributed by atoms with Gasteiger partial charge >= 0.3 is 6.01 Å². The number of fused-ring (bicyclic) bond motifs is 1. The summed E-state index contributed by atoms with van der Waals surface area (Å²) in [6, 6.07) is 14.8. The van der Waals surface area contributed by atoms with Crippen molar-refractivity contribution in [3.8, 4) is 17.2 Å². The van der Waals surface area contributed by atoms with Crippen molar-refractivity contribution in [2.24, 2.45) is 0 Å². The van der Waals surface area contributed by atoms with Gasteiger partial charge in [-0.15, -0.1) is 16.4 Å². The third-order valence-electron chi connectivity index (χ3n) is 3.80. The number of halogens is 1. The summed E-state index contributed by atoms with van der Waals surface area (Å²) in [5, 5.41) is 11.7. The molecule has 0 saturated carbocycles. The number of ether oxygens (including phenoxy) is 1. The summed E-state index contributed by atoms with van der Waals surface area (Å²) in [6.07, 6.45) is 0. The van der Waals surface area contributed by atoms with E-state index >= 15 is 0 Å². The Kier molecular flexibility index (Phi) is 4.79. The van der Waals surface area contributed by atoms with Crippen molar-refractivity contribution in [3.63, 3.8) is 0 Å². The molecule has 8 heteroatoms. The van der Waals surface area contributed by atoms with Gasteiger partial charge in [0, 0.05) is 15.6 Å². The summed E-state index contributed by atoms with van der Waals surface area (Å²) in [5.41, 5.74) is 0.728. The Hall–Kier alpha value is -2.90. The molecule has 4 rings (SSSR count). The van der Waals surface area contributed by atoms with Crippen LogP contribution in [-0.2, 0) is 0 Å². The molecule has 0 fully saturated rings. The van der Waals surface area contributed by atoms with Gasteiger partial charge in [-0.2, -0.15) is 0 Å². The summed E-state index contributed by atoms with van der Waals surface area (Å²) in [5.74, 6) is 0.674. The maximum atomic E-state index is 12.5. The number of rotatable bonds is 5. The molecule has 0 aliphatic carbocycles. The highest BCUT2D eigenvalue weighted by molar-refractivity contribution is 7.21. The molecule has 136 valence electrons. The van der Waals surface area contributed by atoms with Crippen molar-refractivity contribution in [2.75, 3.05) is 11.9 Å². The molecule has 0 aliphatic rings. The third-order valence-corrected chi connectivity index (χ3v) is 5.47. The fourth-order valence-electron chi connectivity index (χ4n) is 2.56. The monoisotopic (exact) mass is 399 g/mol. The van der Waals surface area contributed by atoms with Crippen LogP contribution in [0.15, 0.2) is 52.9 Å². The lowest BCUT2D eigenvalue weighted by atomic mass is 10.2. The molecule has 4 aromatic rings. The first-order valence-electron chi connectivity index (χ1n) is 8.21. The highest BCUT2D eigenvalue weighted by atomic mass is 35.5. The summed E-state index contributed by atoms with van der Waals surface area (Å²) in [6.45, 7) is 2.51. The molecule has 2 heterocycles. The number of nitrogens with zero attached hydrogens (tertiary/aromatic N) is 2. The average Bonchev–Trinajstić information content (AvgIpc) is 3.28. The van der Waals surface area contributed by atoms with Crippen LogP contribution in [0, 0.1) is 0 Å². The number of aromatic nitrogens is 2. The number of hydrogen-bond donors (Lipinski definition) is 1. The standard InChI is InChI=1S/C19H14ClN3O3S/c1-2-25-12-9-7-11(8-10-12)18-22-23-19(26-18)21-17(24)16-15(20)13-5-3-4-6-14(13)27-16/h3-10H,2H2,1H3,(H,21,23,24). The second kappa shape index (κ2) is 7.38. The van der Waals surface area contributed by atoms with Crippen LogP contribution in [0.25, 0.3) is 21.5 Å². The number of hydrogen-bond acceptors (Lipinski definition) is 6. The van der Waals surface area contributed by atoms with Crippen LogP contribution >= 0.6 is 22.9 Å². The van der Waals surface area contributed by atoms with E-state index in [0.717, 1.165) is 21.4 Å². The molecule has 0 atom stereocenters. The first kappa shape index (κ1) is 17.5. The second-order valence-corrected chi connectivity index (χ2v) is 7.00. The number of carbonyl (C=O) groups is 1. The molecule has 0 unspecified atom stereocenters. The number of amides is 1. The van der Waals surface area contributed by atoms with Crippen molar-refractivity contribution in [2.45, 2.75) is 6.92 Å². The molecule has 6 nitrogen and oxygen atoms in total. The molecule has 2 aromatic carbocycles. The lowest BCUT2D eigenvalue weighted by molar-refractivity contribution is 0.102. The first-order chi connectivity index (χ1) is 13.2. The van der Waals surface area contributed by atoms with Gasteiger partial charge in [0.25, 0.3) is 5.91 Å². The van der Waals surface area contributed by atoms with E-state index in [4.69, 9.17) is 20.8 Å². The highest BCUT2D eigenvalue weighted by Gasteiger charge is 2.19. The average molecular weight is 400 g/mol. The molecule has 27 heavy (non-hydrogen) atoms. The van der Waals surface area contributed by atoms with Gasteiger partial charge in [0.15, 0.2) is 0 Å². The Labute approximate surface area is 163 Å². The van der Waals surface area contributed by atoms with E-state index in [2.05, 4.69) is 15.5 Å². The number of carbonyl (C=O) groups excluding carboxylic acids is 1. The predicted molar refractivity (Wildman–Crippen MR) is 106 cm³/mol. The Balaban J connectivity index is 1.53. The van der Waals surface area contributed by atoms with E-state index in [1.54, 1.807) is 0 Å². The van der Waals surface area contributed by atoms with Crippen LogP contribution in [0.3, 0.4) is 0 Å². The zero-order valence-corrected chi connectivity index (χ0v) is 15.8. The number of anilines is 1. The Bertz CT molecular complexity index is 1110. The normalized spacial score (nSPS) is 10.9. The quantitative estimate of drug-likeness (QED) is 0.495. The van der Waals surface area contributed by atoms with Gasteiger partial charge in [-0.05, 0) is 37.3 Å². The van der Waals surface area contributed by atoms with Crippen LogP contribution in [-0.4, -0.2) is 22.7 Å². The fourth-order valence-corrected chi connectivity index (χ4v) is 3.98. The zero-order valence-electron chi connectivity index (χ0n) is 14.2. The minimum absolute atomic E-state index is 0.0115.